The number of nitrogens with zero attached hydrogens (tertiary/aromatic N) is 7. The Morgan fingerprint density at radius 1 is 1.15 bits per heavy atom. The van der Waals surface area contributed by atoms with Crippen LogP contribution in [0.25, 0.3) is 11.2 Å². The molecule has 1 saturated heterocycles. The fourth-order valence-electron chi connectivity index (χ4n) is 3.97. The summed E-state index contributed by atoms with van der Waals surface area (Å²) in [6.07, 6.45) is 1.30. The summed E-state index contributed by atoms with van der Waals surface area (Å²) in [4.78, 5) is 20.3. The molecule has 11 heteroatoms. The van der Waals surface area contributed by atoms with Crippen LogP contribution in [0.2, 0.25) is 0 Å². The molecule has 0 amide bonds. The predicted octanol–water partition coefficient (Wildman–Crippen LogP) is 4.20. The second kappa shape index (κ2) is 8.61. The molecule has 0 unspecified atom stereocenters. The van der Waals surface area contributed by atoms with Crippen LogP contribution in [-0.4, -0.2) is 55.6 Å². The molecule has 1 atom stereocenters. The van der Waals surface area contributed by atoms with Crippen molar-refractivity contribution in [2.45, 2.75) is 57.9 Å². The Labute approximate surface area is 194 Å². The van der Waals surface area contributed by atoms with Crippen LogP contribution in [0.1, 0.15) is 54.1 Å². The molecule has 8 nitrogen and oxygen atoms in total. The molecule has 2 fully saturated rings. The molecular weight excluding hydrogens is 447 g/mol. The number of morpholine rings is 1. The Bertz CT molecular complexity index is 1240. The van der Waals surface area contributed by atoms with Crippen LogP contribution in [0.4, 0.5) is 19.1 Å². The third-order valence-electron chi connectivity index (χ3n) is 6.33. The quantitative estimate of drug-likeness (QED) is 0.497. The maximum atomic E-state index is 13.0. The lowest BCUT2D eigenvalue weighted by molar-refractivity contribution is -0.0935. The molecule has 34 heavy (non-hydrogen) atoms. The number of alkyl halides is 3. The van der Waals surface area contributed by atoms with Gasteiger partial charge >= 0.3 is 6.18 Å². The second-order valence-electron chi connectivity index (χ2n) is 8.93. The van der Waals surface area contributed by atoms with Crippen molar-refractivity contribution >= 4 is 17.1 Å². The highest BCUT2D eigenvalue weighted by Crippen LogP contribution is 2.35. The van der Waals surface area contributed by atoms with Gasteiger partial charge in [0.15, 0.2) is 5.65 Å². The third kappa shape index (κ3) is 4.61. The lowest BCUT2D eigenvalue weighted by Gasteiger charge is -2.32. The van der Waals surface area contributed by atoms with Crippen molar-refractivity contribution in [3.8, 4) is 0 Å². The summed E-state index contributed by atoms with van der Waals surface area (Å²) >= 11 is 0. The van der Waals surface area contributed by atoms with Crippen LogP contribution in [0, 0.1) is 13.8 Å². The van der Waals surface area contributed by atoms with Crippen molar-refractivity contribution in [3.05, 3.63) is 47.2 Å². The minimum atomic E-state index is -4.44. The van der Waals surface area contributed by atoms with Crippen molar-refractivity contribution in [2.24, 2.45) is 0 Å². The molecule has 180 valence electrons. The van der Waals surface area contributed by atoms with E-state index < -0.39 is 11.7 Å². The highest BCUT2D eigenvalue weighted by atomic mass is 19.4. The van der Waals surface area contributed by atoms with Crippen molar-refractivity contribution in [1.82, 2.24) is 29.7 Å². The van der Waals surface area contributed by atoms with E-state index in [2.05, 4.69) is 31.6 Å². The van der Waals surface area contributed by atoms with Gasteiger partial charge in [0.05, 0.1) is 42.5 Å². The fourth-order valence-corrected chi connectivity index (χ4v) is 3.97. The Morgan fingerprint density at radius 3 is 2.65 bits per heavy atom. The lowest BCUT2D eigenvalue weighted by Crippen LogP contribution is -2.39. The lowest BCUT2D eigenvalue weighted by atomic mass is 10.1. The van der Waals surface area contributed by atoms with Gasteiger partial charge in [-0.3, -0.25) is 4.68 Å². The molecule has 4 heterocycles. The average Bonchev–Trinajstić information content (AvgIpc) is 3.54. The number of aromatic nitrogens is 6. The molecule has 0 aromatic carbocycles. The van der Waals surface area contributed by atoms with E-state index in [-0.39, 0.29) is 18.9 Å². The summed E-state index contributed by atoms with van der Waals surface area (Å²) in [6, 6.07) is 0.483. The number of halogens is 3. The molecule has 1 aliphatic carbocycles. The van der Waals surface area contributed by atoms with Gasteiger partial charge in [0.1, 0.15) is 11.6 Å². The number of rotatable bonds is 6. The molecular formula is C23H26F3N7O. The van der Waals surface area contributed by atoms with Crippen LogP contribution in [-0.2, 0) is 11.2 Å². The molecule has 3 aromatic rings. The first kappa shape index (κ1) is 22.7. The summed E-state index contributed by atoms with van der Waals surface area (Å²) in [6.45, 7) is 8.37. The maximum Gasteiger partial charge on any atom is 0.412 e. The number of hydrogen-bond donors (Lipinski definition) is 0. The minimum absolute atomic E-state index is 0.0451. The summed E-state index contributed by atoms with van der Waals surface area (Å²) in [5.41, 5.74) is 2.85. The van der Waals surface area contributed by atoms with Crippen LogP contribution in [0.15, 0.2) is 24.5 Å². The maximum absolute atomic E-state index is 13.0. The number of hydrogen-bond acceptors (Lipinski definition) is 7. The van der Waals surface area contributed by atoms with Crippen molar-refractivity contribution < 1.29 is 17.9 Å². The van der Waals surface area contributed by atoms with Gasteiger partial charge < -0.3 is 9.64 Å². The van der Waals surface area contributed by atoms with E-state index in [0.717, 1.165) is 24.1 Å². The van der Waals surface area contributed by atoms with E-state index in [9.17, 15) is 13.2 Å². The number of ether oxygens (including phenoxy) is 1. The van der Waals surface area contributed by atoms with Gasteiger partial charge in [-0.05, 0) is 39.5 Å². The van der Waals surface area contributed by atoms with E-state index >= 15 is 0 Å². The summed E-state index contributed by atoms with van der Waals surface area (Å²) < 4.78 is 47.0. The fraction of sp³-hybridized carbons (Fsp3) is 0.522. The van der Waals surface area contributed by atoms with Crippen molar-refractivity contribution in [3.63, 3.8) is 0 Å². The molecule has 0 N–H and O–H groups in total. The zero-order valence-electron chi connectivity index (χ0n) is 19.1. The highest BCUT2D eigenvalue weighted by molar-refractivity contribution is 5.74. The molecule has 0 spiro atoms. The number of aryl methyl sites for hydroxylation is 3. The molecule has 1 saturated carbocycles. The smallest absolute Gasteiger partial charge is 0.370 e. The third-order valence-corrected chi connectivity index (χ3v) is 6.33. The van der Waals surface area contributed by atoms with Crippen molar-refractivity contribution in [2.75, 3.05) is 24.6 Å². The van der Waals surface area contributed by atoms with Gasteiger partial charge in [-0.15, -0.1) is 0 Å². The van der Waals surface area contributed by atoms with E-state index in [1.54, 1.807) is 0 Å². The van der Waals surface area contributed by atoms with E-state index in [4.69, 9.17) is 4.74 Å². The normalized spacial score (nSPS) is 19.1. The SMILES string of the molecule is C=C(CCc1nc(N2CCO[C@@H](c3cnn(C4CC4)c3)C2)nc2nc(C)c(C)nc12)C(F)(F)F. The predicted molar refractivity (Wildman–Crippen MR) is 120 cm³/mol. The van der Waals surface area contributed by atoms with E-state index in [0.29, 0.717) is 54.2 Å². The first-order valence-electron chi connectivity index (χ1n) is 11.4. The zero-order valence-corrected chi connectivity index (χ0v) is 19.1. The Kier molecular flexibility index (Phi) is 5.75. The molecule has 0 bridgehead atoms. The molecule has 5 rings (SSSR count). The van der Waals surface area contributed by atoms with E-state index in [1.165, 1.54) is 0 Å². The van der Waals surface area contributed by atoms with Crippen LogP contribution >= 0.6 is 0 Å². The zero-order chi connectivity index (χ0) is 24.0. The Hall–Kier alpha value is -3.08. The number of anilines is 1. The Balaban J connectivity index is 1.44. The average molecular weight is 474 g/mol. The molecule has 3 aromatic heterocycles. The van der Waals surface area contributed by atoms with Gasteiger partial charge in [-0.25, -0.2) is 15.0 Å². The second-order valence-corrected chi connectivity index (χ2v) is 8.93. The van der Waals surface area contributed by atoms with Crippen molar-refractivity contribution in [1.29, 1.82) is 0 Å². The largest absolute Gasteiger partial charge is 0.412 e. The van der Waals surface area contributed by atoms with Gasteiger partial charge in [-0.2, -0.15) is 23.3 Å². The topological polar surface area (TPSA) is 81.9 Å². The standard InChI is InChI=1S/C23H26F3N7O/c1-13(23(24,25)26)4-7-18-20-21(29-15(3)14(2)28-20)31-22(30-18)32-8-9-34-19(12-32)16-10-27-33(11-16)17-5-6-17/h10-11,17,19H,1,4-9,12H2,2-3H3/t19-/m1/s1. The molecule has 0 radical (unpaired) electrons. The highest BCUT2D eigenvalue weighted by Gasteiger charge is 2.32. The molecule has 1 aliphatic heterocycles. The van der Waals surface area contributed by atoms with Gasteiger partial charge in [-0.1, -0.05) is 6.58 Å². The van der Waals surface area contributed by atoms with Gasteiger partial charge in [0, 0.05) is 23.9 Å². The summed E-state index contributed by atoms with van der Waals surface area (Å²) in [5.74, 6) is 0.417. The minimum Gasteiger partial charge on any atom is -0.370 e. The Morgan fingerprint density at radius 2 is 1.91 bits per heavy atom. The van der Waals surface area contributed by atoms with Crippen LogP contribution in [0.5, 0.6) is 0 Å². The van der Waals surface area contributed by atoms with Gasteiger partial charge in [0.25, 0.3) is 0 Å². The number of fused-ring (bicyclic) bond motifs is 1. The van der Waals surface area contributed by atoms with Crippen LogP contribution in [0.3, 0.4) is 0 Å². The number of allylic oxidation sites excluding steroid dienone is 1. The molecule has 2 aliphatic rings. The first-order chi connectivity index (χ1) is 16.2. The van der Waals surface area contributed by atoms with Crippen LogP contribution < -0.4 is 4.90 Å². The summed E-state index contributed by atoms with van der Waals surface area (Å²) in [5, 5.41) is 4.45. The van der Waals surface area contributed by atoms with Gasteiger partial charge in [0.2, 0.25) is 5.95 Å². The summed E-state index contributed by atoms with van der Waals surface area (Å²) in [7, 11) is 0. The van der Waals surface area contributed by atoms with E-state index in [1.807, 2.05) is 35.8 Å². The monoisotopic (exact) mass is 473 g/mol. The first-order valence-corrected chi connectivity index (χ1v) is 11.4.